The second kappa shape index (κ2) is 25.4. The summed E-state index contributed by atoms with van der Waals surface area (Å²) in [5.74, 6) is -1.77. The third-order valence-electron chi connectivity index (χ3n) is 11.9. The maximum Gasteiger partial charge on any atom is 0.328 e. The van der Waals surface area contributed by atoms with Crippen LogP contribution < -0.4 is 31.9 Å². The number of carbonyl (C=O) groups is 6. The summed E-state index contributed by atoms with van der Waals surface area (Å²) in [6, 6.07) is 24.6. The Balaban J connectivity index is 0.000000214. The van der Waals surface area contributed by atoms with Crippen LogP contribution in [-0.4, -0.2) is 82.9 Å². The number of hydrogen-bond donors (Lipinski definition) is 7. The van der Waals surface area contributed by atoms with E-state index in [4.69, 9.17) is 51.1 Å². The minimum Gasteiger partial charge on any atom is -0.480 e. The Morgan fingerprint density at radius 1 is 0.575 bits per heavy atom. The molecule has 4 heterocycles. The van der Waals surface area contributed by atoms with E-state index >= 15 is 0 Å². The first kappa shape index (κ1) is 53.6. The van der Waals surface area contributed by atoms with Crippen molar-refractivity contribution in [1.29, 1.82) is 0 Å². The molecule has 0 spiro atoms. The molecule has 7 N–H and O–H groups in total. The maximum absolute atomic E-state index is 12.8. The zero-order chi connectivity index (χ0) is 52.0. The largest absolute Gasteiger partial charge is 0.480 e. The van der Waals surface area contributed by atoms with Crippen molar-refractivity contribution < 1.29 is 38.6 Å². The lowest BCUT2D eigenvalue weighted by Gasteiger charge is -2.18. The minimum atomic E-state index is -1.21. The number of fused-ring (bicyclic) bond motifs is 2. The van der Waals surface area contributed by atoms with Crippen molar-refractivity contribution in [3.63, 3.8) is 0 Å². The molecular weight excluding hydrogens is 1020 g/mol. The quantitative estimate of drug-likeness (QED) is 0.0454. The fraction of sp³-hybridized carbons (Fsp3) is 0.245. The number of nitrogens with one attached hydrogen (secondary N) is 6. The molecule has 8 rings (SSSR count). The lowest BCUT2D eigenvalue weighted by molar-refractivity contribution is -0.143. The van der Waals surface area contributed by atoms with Gasteiger partial charge in [0.1, 0.15) is 23.7 Å². The summed E-state index contributed by atoms with van der Waals surface area (Å²) in [7, 11) is 1.24. The van der Waals surface area contributed by atoms with Gasteiger partial charge < -0.3 is 41.7 Å². The first-order valence-corrected chi connectivity index (χ1v) is 24.7. The standard InChI is InChI=1S/C27H26Cl2N4O4.C26H24Cl2N4O4/c1-37-27(36)22(33-26(35)23-20(28)5-2-6-21(23)29)13-16-7-9-18(10-8-16)25(34)32-15-17-12-19-4-3-11-30-24(19)31-14-17;27-19-4-1-5-20(28)22(19)25(34)32-21(26(35)36)12-15-6-8-17(9-7-15)24(33)31-14-16-11-18-3-2-10-29-23(18)30-13-16/h2,5-10,12,14,22H,3-4,11,13,15H2,1H3,(H,30,31)(H,32,34)(H,33,35);1,4-9,11,13,21H,2-3,10,12,14H2,(H,29,30)(H,31,33)(H,32,34)(H,35,36)/t22-;21-/m00/s1. The fourth-order valence-electron chi connectivity index (χ4n) is 8.03. The SMILES string of the molecule is COC(=O)[C@H](Cc1ccc(C(=O)NCc2cnc3c(c2)CCCN3)cc1)NC(=O)c1c(Cl)cccc1Cl.O=C(NCc1cnc2c(c1)CCCN2)c1ccc(C[C@H](NC(=O)c2c(Cl)cccc2Cl)C(=O)O)cc1. The highest BCUT2D eigenvalue weighted by atomic mass is 35.5. The van der Waals surface area contributed by atoms with Gasteiger partial charge in [-0.1, -0.05) is 82.8 Å². The predicted molar refractivity (Wildman–Crippen MR) is 280 cm³/mol. The number of pyridine rings is 2. The number of carbonyl (C=O) groups excluding carboxylic acids is 5. The Hall–Kier alpha value is -7.24. The maximum atomic E-state index is 12.8. The zero-order valence-electron chi connectivity index (χ0n) is 39.3. The molecule has 0 saturated heterocycles. The number of carboxylic acid groups (broad SMARTS) is 1. The number of benzene rings is 4. The van der Waals surface area contributed by atoms with Gasteiger partial charge in [0.2, 0.25) is 0 Å². The van der Waals surface area contributed by atoms with Crippen LogP contribution in [0.2, 0.25) is 20.1 Å². The first-order chi connectivity index (χ1) is 35.2. The number of amides is 4. The summed E-state index contributed by atoms with van der Waals surface area (Å²) in [6.45, 7) is 2.55. The highest BCUT2D eigenvalue weighted by Gasteiger charge is 2.26. The van der Waals surface area contributed by atoms with Crippen LogP contribution in [0.25, 0.3) is 0 Å². The number of halogens is 4. The molecule has 4 aromatic carbocycles. The molecule has 2 atom stereocenters. The number of carboxylic acids is 1. The third-order valence-corrected chi connectivity index (χ3v) is 13.1. The van der Waals surface area contributed by atoms with E-state index < -0.39 is 35.8 Å². The second-order valence-electron chi connectivity index (χ2n) is 17.0. The number of hydrogen-bond acceptors (Lipinski definition) is 11. The number of ether oxygens (including phenoxy) is 1. The van der Waals surface area contributed by atoms with Gasteiger partial charge in [0, 0.05) is 62.5 Å². The van der Waals surface area contributed by atoms with Crippen LogP contribution in [0.4, 0.5) is 11.6 Å². The molecule has 6 aromatic rings. The van der Waals surface area contributed by atoms with Gasteiger partial charge in [0.05, 0.1) is 38.3 Å². The summed E-state index contributed by atoms with van der Waals surface area (Å²) in [4.78, 5) is 83.6. The van der Waals surface area contributed by atoms with Crippen LogP contribution in [0.5, 0.6) is 0 Å². The summed E-state index contributed by atoms with van der Waals surface area (Å²) < 4.78 is 4.86. The van der Waals surface area contributed by atoms with E-state index in [0.717, 1.165) is 78.2 Å². The average molecular weight is 1070 g/mol. The molecule has 0 unspecified atom stereocenters. The molecule has 16 nitrogen and oxygen atoms in total. The highest BCUT2D eigenvalue weighted by molar-refractivity contribution is 6.40. The first-order valence-electron chi connectivity index (χ1n) is 23.1. The van der Waals surface area contributed by atoms with Crippen LogP contribution in [0.1, 0.15) is 87.7 Å². The van der Waals surface area contributed by atoms with Crippen molar-refractivity contribution in [2.45, 2.75) is 63.7 Å². The van der Waals surface area contributed by atoms with Gasteiger partial charge in [-0.3, -0.25) is 19.2 Å². The molecule has 2 aromatic heterocycles. The average Bonchev–Trinajstić information content (AvgIpc) is 3.39. The molecular formula is C53H50Cl4N8O8. The predicted octanol–water partition coefficient (Wildman–Crippen LogP) is 8.29. The number of aromatic nitrogens is 2. The van der Waals surface area contributed by atoms with E-state index in [1.54, 1.807) is 85.2 Å². The van der Waals surface area contributed by atoms with E-state index in [0.29, 0.717) is 29.8 Å². The number of aryl methyl sites for hydroxylation is 2. The molecule has 2 aliphatic rings. The van der Waals surface area contributed by atoms with E-state index in [9.17, 15) is 33.9 Å². The molecule has 73 heavy (non-hydrogen) atoms. The Bertz CT molecular complexity index is 2970. The third kappa shape index (κ3) is 14.5. The summed E-state index contributed by atoms with van der Waals surface area (Å²) in [5.41, 5.74) is 6.52. The second-order valence-corrected chi connectivity index (χ2v) is 18.7. The van der Waals surface area contributed by atoms with Crippen LogP contribution >= 0.6 is 46.4 Å². The van der Waals surface area contributed by atoms with Crippen molar-refractivity contribution in [3.05, 3.63) is 185 Å². The van der Waals surface area contributed by atoms with Gasteiger partial charge in [-0.05, 0) is 120 Å². The van der Waals surface area contributed by atoms with E-state index in [1.807, 2.05) is 6.07 Å². The van der Waals surface area contributed by atoms with E-state index in [2.05, 4.69) is 47.9 Å². The summed E-state index contributed by atoms with van der Waals surface area (Å²) in [5, 5.41) is 27.6. The Labute approximate surface area is 440 Å². The summed E-state index contributed by atoms with van der Waals surface area (Å²) in [6.07, 6.45) is 7.71. The van der Waals surface area contributed by atoms with E-state index in [1.165, 1.54) is 19.2 Å². The normalized spacial score (nSPS) is 13.1. The van der Waals surface area contributed by atoms with Gasteiger partial charge in [-0.15, -0.1) is 0 Å². The molecule has 2 aliphatic heterocycles. The van der Waals surface area contributed by atoms with Crippen molar-refractivity contribution >= 4 is 93.6 Å². The van der Waals surface area contributed by atoms with Gasteiger partial charge >= 0.3 is 11.9 Å². The van der Waals surface area contributed by atoms with Crippen molar-refractivity contribution in [2.75, 3.05) is 30.8 Å². The summed E-state index contributed by atoms with van der Waals surface area (Å²) >= 11 is 24.3. The zero-order valence-corrected chi connectivity index (χ0v) is 42.4. The number of nitrogens with zero attached hydrogens (tertiary/aromatic N) is 2. The van der Waals surface area contributed by atoms with Crippen LogP contribution in [0.15, 0.2) is 109 Å². The van der Waals surface area contributed by atoms with Gasteiger partial charge in [0.15, 0.2) is 0 Å². The van der Waals surface area contributed by atoms with Gasteiger partial charge in [-0.25, -0.2) is 19.6 Å². The topological polar surface area (TPSA) is 230 Å². The molecule has 20 heteroatoms. The fourth-order valence-corrected chi connectivity index (χ4v) is 9.17. The molecule has 0 saturated carbocycles. The van der Waals surface area contributed by atoms with Crippen LogP contribution in [-0.2, 0) is 53.1 Å². The lowest BCUT2D eigenvalue weighted by Crippen LogP contribution is -2.43. The molecule has 378 valence electrons. The monoisotopic (exact) mass is 1070 g/mol. The number of rotatable bonds is 16. The van der Waals surface area contributed by atoms with Crippen LogP contribution in [0.3, 0.4) is 0 Å². The Kier molecular flexibility index (Phi) is 18.7. The van der Waals surface area contributed by atoms with Crippen molar-refractivity contribution in [3.8, 4) is 0 Å². The van der Waals surface area contributed by atoms with E-state index in [-0.39, 0.29) is 55.9 Å². The molecule has 0 bridgehead atoms. The van der Waals surface area contributed by atoms with Crippen molar-refractivity contribution in [2.24, 2.45) is 0 Å². The van der Waals surface area contributed by atoms with Crippen LogP contribution in [0, 0.1) is 0 Å². The molecule has 4 amide bonds. The molecule has 0 aliphatic carbocycles. The Morgan fingerprint density at radius 3 is 1.37 bits per heavy atom. The van der Waals surface area contributed by atoms with Gasteiger partial charge in [0.25, 0.3) is 23.6 Å². The van der Waals surface area contributed by atoms with Gasteiger partial charge in [-0.2, -0.15) is 0 Å². The van der Waals surface area contributed by atoms with Crippen molar-refractivity contribution in [1.82, 2.24) is 31.2 Å². The molecule has 0 radical (unpaired) electrons. The number of aliphatic carboxylic acids is 1. The number of anilines is 2. The smallest absolute Gasteiger partial charge is 0.328 e. The minimum absolute atomic E-state index is 0.0138. The highest BCUT2D eigenvalue weighted by Crippen LogP contribution is 2.27. The molecule has 0 fully saturated rings. The number of esters is 1. The number of methoxy groups -OCH3 is 1. The Morgan fingerprint density at radius 2 is 0.973 bits per heavy atom. The lowest BCUT2D eigenvalue weighted by atomic mass is 10.0.